The summed E-state index contributed by atoms with van der Waals surface area (Å²) in [5.74, 6) is -0.0328. The number of nitrogens with zero attached hydrogens (tertiary/aromatic N) is 1. The molecule has 3 nitrogen and oxygen atoms in total. The predicted octanol–water partition coefficient (Wildman–Crippen LogP) is 2.96. The summed E-state index contributed by atoms with van der Waals surface area (Å²) in [6.45, 7) is 2.67. The Hall–Kier alpha value is -2.29. The number of hydrogen-bond acceptors (Lipinski definition) is 2. The maximum atomic E-state index is 12.7. The van der Waals surface area contributed by atoms with Crippen LogP contribution in [0.3, 0.4) is 0 Å². The number of amides is 1. The van der Waals surface area contributed by atoms with Crippen molar-refractivity contribution in [3.63, 3.8) is 0 Å². The molecule has 3 heteroatoms. The summed E-state index contributed by atoms with van der Waals surface area (Å²) in [7, 11) is 0. The Kier molecular flexibility index (Phi) is 3.18. The van der Waals surface area contributed by atoms with Gasteiger partial charge in [0.05, 0.1) is 17.3 Å². The Labute approximate surface area is 119 Å². The number of nitrogen functional groups attached to an aromatic ring is 1. The van der Waals surface area contributed by atoms with Gasteiger partial charge in [0.1, 0.15) is 0 Å². The van der Waals surface area contributed by atoms with Crippen LogP contribution in [0.4, 0.5) is 11.4 Å². The minimum atomic E-state index is -0.151. The van der Waals surface area contributed by atoms with Crippen LogP contribution in [-0.4, -0.2) is 12.5 Å². The van der Waals surface area contributed by atoms with Crippen molar-refractivity contribution < 1.29 is 4.79 Å². The highest BCUT2D eigenvalue weighted by Gasteiger charge is 2.29. The molecule has 2 aromatic rings. The second-order valence-electron chi connectivity index (χ2n) is 5.23. The lowest BCUT2D eigenvalue weighted by atomic mass is 9.99. The lowest BCUT2D eigenvalue weighted by molar-refractivity contribution is -0.119. The van der Waals surface area contributed by atoms with E-state index in [1.165, 1.54) is 5.56 Å². The Morgan fingerprint density at radius 3 is 2.65 bits per heavy atom. The maximum absolute atomic E-state index is 12.7. The zero-order chi connectivity index (χ0) is 14.1. The molecule has 1 unspecified atom stereocenters. The molecular formula is C17H18N2O. The monoisotopic (exact) mass is 266 g/mol. The Balaban J connectivity index is 1.91. The number of benzene rings is 2. The van der Waals surface area contributed by atoms with Crippen LogP contribution in [0.2, 0.25) is 0 Å². The van der Waals surface area contributed by atoms with Crippen LogP contribution in [-0.2, 0) is 11.2 Å². The normalized spacial score (nSPS) is 14.9. The molecule has 1 aliphatic rings. The van der Waals surface area contributed by atoms with Crippen molar-refractivity contribution in [2.24, 2.45) is 0 Å². The van der Waals surface area contributed by atoms with Crippen molar-refractivity contribution in [1.82, 2.24) is 0 Å². The molecule has 0 saturated carbocycles. The number of rotatable bonds is 2. The first-order valence-corrected chi connectivity index (χ1v) is 6.92. The van der Waals surface area contributed by atoms with Gasteiger partial charge >= 0.3 is 0 Å². The molecule has 0 saturated heterocycles. The van der Waals surface area contributed by atoms with Crippen molar-refractivity contribution in [3.8, 4) is 0 Å². The van der Waals surface area contributed by atoms with E-state index >= 15 is 0 Å². The van der Waals surface area contributed by atoms with E-state index in [9.17, 15) is 4.79 Å². The van der Waals surface area contributed by atoms with Gasteiger partial charge in [0.25, 0.3) is 0 Å². The first kappa shape index (κ1) is 12.7. The summed E-state index contributed by atoms with van der Waals surface area (Å²) < 4.78 is 0. The van der Waals surface area contributed by atoms with Gasteiger partial charge in [0.15, 0.2) is 0 Å². The van der Waals surface area contributed by atoms with E-state index in [-0.39, 0.29) is 11.8 Å². The smallest absolute Gasteiger partial charge is 0.234 e. The van der Waals surface area contributed by atoms with Crippen molar-refractivity contribution >= 4 is 17.3 Å². The largest absolute Gasteiger partial charge is 0.397 e. The van der Waals surface area contributed by atoms with Gasteiger partial charge in [-0.1, -0.05) is 42.5 Å². The first-order chi connectivity index (χ1) is 9.68. The fourth-order valence-corrected chi connectivity index (χ4v) is 2.82. The van der Waals surface area contributed by atoms with Crippen molar-refractivity contribution in [3.05, 3.63) is 59.7 Å². The van der Waals surface area contributed by atoms with E-state index in [2.05, 4.69) is 0 Å². The highest BCUT2D eigenvalue weighted by molar-refractivity contribution is 6.02. The number of fused-ring (bicyclic) bond motifs is 1. The fourth-order valence-electron chi connectivity index (χ4n) is 2.82. The molecule has 1 amide bonds. The molecular weight excluding hydrogens is 248 g/mol. The van der Waals surface area contributed by atoms with Gasteiger partial charge in [0, 0.05) is 6.54 Å². The van der Waals surface area contributed by atoms with E-state index in [1.54, 1.807) is 0 Å². The molecule has 1 heterocycles. The second kappa shape index (κ2) is 5.00. The summed E-state index contributed by atoms with van der Waals surface area (Å²) in [5, 5.41) is 0. The van der Waals surface area contributed by atoms with Crippen molar-refractivity contribution in [1.29, 1.82) is 0 Å². The highest BCUT2D eigenvalue weighted by atomic mass is 16.2. The van der Waals surface area contributed by atoms with Crippen LogP contribution in [0, 0.1) is 0 Å². The zero-order valence-corrected chi connectivity index (χ0v) is 11.5. The maximum Gasteiger partial charge on any atom is 0.234 e. The summed E-state index contributed by atoms with van der Waals surface area (Å²) in [6.07, 6.45) is 0.883. The minimum Gasteiger partial charge on any atom is -0.397 e. The van der Waals surface area contributed by atoms with Crippen molar-refractivity contribution in [2.75, 3.05) is 17.2 Å². The summed E-state index contributed by atoms with van der Waals surface area (Å²) >= 11 is 0. The van der Waals surface area contributed by atoms with Gasteiger partial charge in [-0.2, -0.15) is 0 Å². The fraction of sp³-hybridized carbons (Fsp3) is 0.235. The second-order valence-corrected chi connectivity index (χ2v) is 5.23. The molecule has 2 aromatic carbocycles. The van der Waals surface area contributed by atoms with Crippen LogP contribution in [0.15, 0.2) is 48.5 Å². The van der Waals surface area contributed by atoms with Gasteiger partial charge in [-0.3, -0.25) is 4.79 Å². The summed E-state index contributed by atoms with van der Waals surface area (Å²) in [6, 6.07) is 15.7. The number of hydrogen-bond donors (Lipinski definition) is 1. The molecule has 0 aliphatic carbocycles. The number of anilines is 2. The molecule has 3 rings (SSSR count). The topological polar surface area (TPSA) is 46.3 Å². The Morgan fingerprint density at radius 1 is 1.15 bits per heavy atom. The van der Waals surface area contributed by atoms with E-state index in [4.69, 9.17) is 5.73 Å². The lowest BCUT2D eigenvalue weighted by Gasteiger charge is -2.23. The van der Waals surface area contributed by atoms with Gasteiger partial charge < -0.3 is 10.6 Å². The number of nitrogens with two attached hydrogens (primary N) is 1. The third-order valence-electron chi connectivity index (χ3n) is 3.96. The molecule has 0 spiro atoms. The molecule has 0 aromatic heterocycles. The van der Waals surface area contributed by atoms with E-state index < -0.39 is 0 Å². The van der Waals surface area contributed by atoms with E-state index in [0.717, 1.165) is 24.2 Å². The van der Waals surface area contributed by atoms with Gasteiger partial charge in [-0.05, 0) is 30.5 Å². The number of carbonyl (C=O) groups excluding carboxylic acids is 1. The summed E-state index contributed by atoms with van der Waals surface area (Å²) in [5.41, 5.74) is 9.84. The molecule has 1 aliphatic heterocycles. The molecule has 0 bridgehead atoms. The zero-order valence-electron chi connectivity index (χ0n) is 11.5. The standard InChI is InChI=1S/C17H18N2O/c1-12(13-6-3-2-4-7-13)17(20)19-11-10-14-8-5-9-15(18)16(14)19/h2-9,12H,10-11,18H2,1H3. The summed E-state index contributed by atoms with van der Waals surface area (Å²) in [4.78, 5) is 14.6. The molecule has 2 N–H and O–H groups in total. The predicted molar refractivity (Wildman–Crippen MR) is 81.8 cm³/mol. The van der Waals surface area contributed by atoms with Crippen LogP contribution >= 0.6 is 0 Å². The molecule has 0 fully saturated rings. The number of carbonyl (C=O) groups is 1. The van der Waals surface area contributed by atoms with Gasteiger partial charge in [0.2, 0.25) is 5.91 Å². The van der Waals surface area contributed by atoms with E-state index in [0.29, 0.717) is 5.69 Å². The molecule has 1 atom stereocenters. The first-order valence-electron chi connectivity index (χ1n) is 6.92. The molecule has 0 radical (unpaired) electrons. The Bertz CT molecular complexity index is 637. The average Bonchev–Trinajstić information content (AvgIpc) is 2.92. The third kappa shape index (κ3) is 2.05. The third-order valence-corrected chi connectivity index (χ3v) is 3.96. The Morgan fingerprint density at radius 2 is 1.90 bits per heavy atom. The SMILES string of the molecule is CC(C(=O)N1CCc2cccc(N)c21)c1ccccc1. The van der Waals surface area contributed by atoms with Crippen LogP contribution < -0.4 is 10.6 Å². The lowest BCUT2D eigenvalue weighted by Crippen LogP contribution is -2.33. The van der Waals surface area contributed by atoms with Crippen molar-refractivity contribution in [2.45, 2.75) is 19.3 Å². The molecule has 20 heavy (non-hydrogen) atoms. The quantitative estimate of drug-likeness (QED) is 0.849. The molecule has 102 valence electrons. The van der Waals surface area contributed by atoms with Crippen LogP contribution in [0.25, 0.3) is 0 Å². The average molecular weight is 266 g/mol. The van der Waals surface area contributed by atoms with E-state index in [1.807, 2.05) is 60.4 Å². The highest BCUT2D eigenvalue weighted by Crippen LogP contribution is 2.35. The van der Waals surface area contributed by atoms with Crippen LogP contribution in [0.1, 0.15) is 24.0 Å². The van der Waals surface area contributed by atoms with Gasteiger partial charge in [-0.25, -0.2) is 0 Å². The minimum absolute atomic E-state index is 0.118. The van der Waals surface area contributed by atoms with Crippen LogP contribution in [0.5, 0.6) is 0 Å². The number of para-hydroxylation sites is 1. The van der Waals surface area contributed by atoms with Gasteiger partial charge in [-0.15, -0.1) is 0 Å².